The lowest BCUT2D eigenvalue weighted by Gasteiger charge is -2.02. The Morgan fingerprint density at radius 1 is 1.07 bits per heavy atom. The fourth-order valence-electron chi connectivity index (χ4n) is 0.994. The minimum atomic E-state index is 0.205. The van der Waals surface area contributed by atoms with Crippen molar-refractivity contribution < 1.29 is 4.11 Å². The number of rotatable bonds is 2. The fraction of sp³-hybridized carbons (Fsp3) is 0. The summed E-state index contributed by atoms with van der Waals surface area (Å²) in [5.41, 5.74) is 0. The molecule has 0 saturated carbocycles. The van der Waals surface area contributed by atoms with Gasteiger partial charge in [0.25, 0.3) is 0 Å². The molecule has 0 aliphatic heterocycles. The lowest BCUT2D eigenvalue weighted by Crippen LogP contribution is -1.74. The van der Waals surface area contributed by atoms with Crippen molar-refractivity contribution in [2.45, 2.75) is 9.79 Å². The fourth-order valence-corrected chi connectivity index (χ4v) is 2.29. The van der Waals surface area contributed by atoms with E-state index in [2.05, 4.69) is 15.9 Å². The van der Waals surface area contributed by atoms with Crippen LogP contribution in [0.25, 0.3) is 0 Å². The van der Waals surface area contributed by atoms with Gasteiger partial charge < -0.3 is 0 Å². The van der Waals surface area contributed by atoms with Crippen molar-refractivity contribution in [2.24, 2.45) is 0 Å². The van der Waals surface area contributed by atoms with E-state index in [0.717, 1.165) is 9.37 Å². The molecule has 70 valence electrons. The van der Waals surface area contributed by atoms with Crippen LogP contribution in [0.2, 0.25) is 0 Å². The van der Waals surface area contributed by atoms with Gasteiger partial charge in [-0.25, -0.2) is 0 Å². The smallest absolute Gasteiger partial charge is 0.0635 e. The maximum Gasteiger partial charge on any atom is 0.0635 e. The first kappa shape index (κ1) is 6.70. The van der Waals surface area contributed by atoms with Gasteiger partial charge in [-0.3, -0.25) is 0 Å². The standard InChI is InChI=1S/C12H9BrS/c13-11-8-4-5-9-12(11)14-10-6-2-1-3-7-10/h1-9H/i1D,6D,7D. The van der Waals surface area contributed by atoms with Gasteiger partial charge in [0, 0.05) is 14.3 Å². The molecule has 2 aromatic carbocycles. The highest BCUT2D eigenvalue weighted by Crippen LogP contribution is 2.32. The van der Waals surface area contributed by atoms with E-state index in [0.29, 0.717) is 4.90 Å². The van der Waals surface area contributed by atoms with Gasteiger partial charge in [0.2, 0.25) is 0 Å². The molecule has 0 amide bonds. The molecule has 0 fully saturated rings. The lowest BCUT2D eigenvalue weighted by molar-refractivity contribution is 1.37. The summed E-state index contributed by atoms with van der Waals surface area (Å²) in [7, 11) is 0. The second kappa shape index (κ2) is 4.67. The Bertz CT molecular complexity index is 534. The van der Waals surface area contributed by atoms with E-state index in [1.54, 1.807) is 0 Å². The summed E-state index contributed by atoms with van der Waals surface area (Å²) in [6, 6.07) is 11.3. The number of hydrogen-bond donors (Lipinski definition) is 0. The molecule has 2 heteroatoms. The number of hydrogen-bond acceptors (Lipinski definition) is 1. The van der Waals surface area contributed by atoms with Gasteiger partial charge in [0.1, 0.15) is 0 Å². The van der Waals surface area contributed by atoms with Crippen LogP contribution in [0.15, 0.2) is 68.8 Å². The number of benzene rings is 2. The van der Waals surface area contributed by atoms with E-state index in [4.69, 9.17) is 4.11 Å². The van der Waals surface area contributed by atoms with E-state index in [1.165, 1.54) is 23.9 Å². The Kier molecular flexibility index (Phi) is 2.23. The van der Waals surface area contributed by atoms with Crippen molar-refractivity contribution in [3.8, 4) is 0 Å². The highest BCUT2D eigenvalue weighted by Gasteiger charge is 1.99. The van der Waals surface area contributed by atoms with Crippen molar-refractivity contribution in [2.75, 3.05) is 0 Å². The summed E-state index contributed by atoms with van der Waals surface area (Å²) in [6.07, 6.45) is 0. The minimum Gasteiger partial charge on any atom is -0.0889 e. The molecule has 2 aromatic rings. The zero-order chi connectivity index (χ0) is 12.4. The highest BCUT2D eigenvalue weighted by atomic mass is 79.9. The van der Waals surface area contributed by atoms with Crippen LogP contribution in [0, 0.1) is 0 Å². The molecule has 0 aliphatic rings. The van der Waals surface area contributed by atoms with E-state index < -0.39 is 0 Å². The van der Waals surface area contributed by atoms with Gasteiger partial charge in [0.15, 0.2) is 0 Å². The Hall–Kier alpha value is -0.730. The molecule has 0 heterocycles. The molecule has 0 nitrogen and oxygen atoms in total. The van der Waals surface area contributed by atoms with Crippen LogP contribution in [0.3, 0.4) is 0 Å². The zero-order valence-corrected chi connectivity index (χ0v) is 9.65. The molecular weight excluding hydrogens is 256 g/mol. The van der Waals surface area contributed by atoms with Crippen LogP contribution in [0.1, 0.15) is 4.11 Å². The van der Waals surface area contributed by atoms with E-state index in [9.17, 15) is 0 Å². The molecule has 0 aliphatic carbocycles. The SMILES string of the molecule is [2H]c1cc([2H])c(Sc2ccccc2Br)c([2H])c1. The minimum absolute atomic E-state index is 0.205. The van der Waals surface area contributed by atoms with Crippen LogP contribution in [0.4, 0.5) is 0 Å². The molecule has 0 spiro atoms. The normalized spacial score (nSPS) is 13.1. The molecule has 0 atom stereocenters. The van der Waals surface area contributed by atoms with Gasteiger partial charge in [-0.2, -0.15) is 0 Å². The average Bonchev–Trinajstić information content (AvgIpc) is 2.25. The summed E-state index contributed by atoms with van der Waals surface area (Å²) in [6.45, 7) is 0. The molecule has 0 bridgehead atoms. The maximum absolute atomic E-state index is 7.80. The van der Waals surface area contributed by atoms with Crippen molar-refractivity contribution in [3.63, 3.8) is 0 Å². The first-order valence-electron chi connectivity index (χ1n) is 5.58. The maximum atomic E-state index is 7.80. The Balaban J connectivity index is 2.40. The highest BCUT2D eigenvalue weighted by molar-refractivity contribution is 9.10. The summed E-state index contributed by atoms with van der Waals surface area (Å²) < 4.78 is 24.0. The average molecular weight is 268 g/mol. The molecule has 0 N–H and O–H groups in total. The quantitative estimate of drug-likeness (QED) is 0.767. The van der Waals surface area contributed by atoms with Crippen LogP contribution >= 0.6 is 27.7 Å². The van der Waals surface area contributed by atoms with Gasteiger partial charge in [0.05, 0.1) is 4.11 Å². The van der Waals surface area contributed by atoms with Crippen LogP contribution < -0.4 is 0 Å². The van der Waals surface area contributed by atoms with Crippen molar-refractivity contribution in [1.29, 1.82) is 0 Å². The lowest BCUT2D eigenvalue weighted by atomic mass is 10.4. The molecule has 14 heavy (non-hydrogen) atoms. The Morgan fingerprint density at radius 2 is 1.79 bits per heavy atom. The molecule has 0 aromatic heterocycles. The molecular formula is C12H9BrS. The second-order valence-electron chi connectivity index (χ2n) is 2.61. The second-order valence-corrected chi connectivity index (χ2v) is 4.51. The van der Waals surface area contributed by atoms with E-state index in [-0.39, 0.29) is 18.1 Å². The largest absolute Gasteiger partial charge is 0.0889 e. The molecule has 0 unspecified atom stereocenters. The van der Waals surface area contributed by atoms with Gasteiger partial charge in [-0.05, 0) is 40.1 Å². The van der Waals surface area contributed by atoms with Crippen molar-refractivity contribution in [3.05, 3.63) is 59.0 Å². The van der Waals surface area contributed by atoms with Crippen LogP contribution in [-0.2, 0) is 0 Å². The Morgan fingerprint density at radius 3 is 2.50 bits per heavy atom. The predicted molar refractivity (Wildman–Crippen MR) is 64.7 cm³/mol. The monoisotopic (exact) mass is 267 g/mol. The summed E-state index contributed by atoms with van der Waals surface area (Å²) in [4.78, 5) is 1.54. The van der Waals surface area contributed by atoms with Crippen LogP contribution in [-0.4, -0.2) is 0 Å². The summed E-state index contributed by atoms with van der Waals surface area (Å²) in [5, 5.41) is 0. The van der Waals surface area contributed by atoms with Gasteiger partial charge in [-0.1, -0.05) is 42.1 Å². The van der Waals surface area contributed by atoms with E-state index in [1.807, 2.05) is 24.3 Å². The van der Waals surface area contributed by atoms with E-state index >= 15 is 0 Å². The molecule has 2 rings (SSSR count). The third-order valence-electron chi connectivity index (χ3n) is 1.62. The zero-order valence-electron chi connectivity index (χ0n) is 10.3. The topological polar surface area (TPSA) is 0 Å². The van der Waals surface area contributed by atoms with Crippen molar-refractivity contribution >= 4 is 27.7 Å². The number of halogens is 1. The summed E-state index contributed by atoms with van der Waals surface area (Å²) >= 11 is 4.81. The molecule has 0 saturated heterocycles. The third-order valence-corrected chi connectivity index (χ3v) is 3.59. The first-order chi connectivity index (χ1) is 8.08. The first-order valence-corrected chi connectivity index (χ1v) is 5.69. The summed E-state index contributed by atoms with van der Waals surface area (Å²) in [5.74, 6) is 0. The van der Waals surface area contributed by atoms with Crippen LogP contribution in [0.5, 0.6) is 0 Å². The van der Waals surface area contributed by atoms with Crippen molar-refractivity contribution in [1.82, 2.24) is 0 Å². The third kappa shape index (κ3) is 2.40. The Labute approximate surface area is 101 Å². The molecule has 0 radical (unpaired) electrons. The predicted octanol–water partition coefficient (Wildman–Crippen LogP) is 4.60. The van der Waals surface area contributed by atoms with Gasteiger partial charge in [-0.15, -0.1) is 0 Å². The van der Waals surface area contributed by atoms with Gasteiger partial charge >= 0.3 is 0 Å².